The Morgan fingerprint density at radius 3 is 2.38 bits per heavy atom. The standard InChI is InChI=1S/C21H27N5O3/c1-24-14-16(11-23-24)18-12-22-13-19(18)21(28)26-9-7-25(8-10-26)20(27)15-3-5-17(29-2)6-4-15/h3-6,11,14,18-19,22H,7-10,12-13H2,1-2H3/t18-,19+/m1/s1. The Bertz CT molecular complexity index is 871. The van der Waals surface area contributed by atoms with E-state index >= 15 is 0 Å². The Labute approximate surface area is 170 Å². The topological polar surface area (TPSA) is 79.7 Å². The Morgan fingerprint density at radius 1 is 1.07 bits per heavy atom. The van der Waals surface area contributed by atoms with Crippen molar-refractivity contribution in [3.05, 3.63) is 47.8 Å². The monoisotopic (exact) mass is 397 g/mol. The zero-order valence-corrected chi connectivity index (χ0v) is 16.9. The summed E-state index contributed by atoms with van der Waals surface area (Å²) in [4.78, 5) is 29.6. The average molecular weight is 397 g/mol. The summed E-state index contributed by atoms with van der Waals surface area (Å²) in [5, 5.41) is 7.60. The van der Waals surface area contributed by atoms with Crippen LogP contribution >= 0.6 is 0 Å². The number of aromatic nitrogens is 2. The number of benzene rings is 1. The highest BCUT2D eigenvalue weighted by atomic mass is 16.5. The van der Waals surface area contributed by atoms with Crippen molar-refractivity contribution in [3.63, 3.8) is 0 Å². The molecule has 0 bridgehead atoms. The van der Waals surface area contributed by atoms with Gasteiger partial charge in [0.2, 0.25) is 5.91 Å². The average Bonchev–Trinajstić information content (AvgIpc) is 3.42. The van der Waals surface area contributed by atoms with E-state index in [1.807, 2.05) is 29.2 Å². The van der Waals surface area contributed by atoms with E-state index in [1.165, 1.54) is 0 Å². The maximum Gasteiger partial charge on any atom is 0.253 e. The van der Waals surface area contributed by atoms with Gasteiger partial charge in [0.15, 0.2) is 0 Å². The van der Waals surface area contributed by atoms with Crippen molar-refractivity contribution >= 4 is 11.8 Å². The minimum absolute atomic E-state index is 0.00415. The maximum absolute atomic E-state index is 13.1. The molecule has 4 rings (SSSR count). The molecular weight excluding hydrogens is 370 g/mol. The fraction of sp³-hybridized carbons (Fsp3) is 0.476. The van der Waals surface area contributed by atoms with E-state index in [-0.39, 0.29) is 23.7 Å². The van der Waals surface area contributed by atoms with E-state index in [4.69, 9.17) is 4.74 Å². The van der Waals surface area contributed by atoms with Gasteiger partial charge in [0, 0.05) is 64.0 Å². The number of hydrogen-bond acceptors (Lipinski definition) is 5. The van der Waals surface area contributed by atoms with Crippen molar-refractivity contribution in [2.75, 3.05) is 46.4 Å². The Hall–Kier alpha value is -2.87. The molecule has 2 aromatic rings. The van der Waals surface area contributed by atoms with Crippen LogP contribution in [0.4, 0.5) is 0 Å². The van der Waals surface area contributed by atoms with Crippen molar-refractivity contribution in [2.45, 2.75) is 5.92 Å². The lowest BCUT2D eigenvalue weighted by molar-refractivity contribution is -0.136. The van der Waals surface area contributed by atoms with Crippen molar-refractivity contribution in [1.29, 1.82) is 0 Å². The van der Waals surface area contributed by atoms with Gasteiger partial charge in [0.1, 0.15) is 5.75 Å². The molecule has 3 heterocycles. The van der Waals surface area contributed by atoms with E-state index in [0.29, 0.717) is 38.3 Å². The number of aryl methyl sites for hydroxylation is 1. The van der Waals surface area contributed by atoms with E-state index in [2.05, 4.69) is 10.4 Å². The Balaban J connectivity index is 1.36. The third-order valence-electron chi connectivity index (χ3n) is 5.90. The molecule has 1 aromatic heterocycles. The third-order valence-corrected chi connectivity index (χ3v) is 5.90. The summed E-state index contributed by atoms with van der Waals surface area (Å²) >= 11 is 0. The highest BCUT2D eigenvalue weighted by Crippen LogP contribution is 2.29. The smallest absolute Gasteiger partial charge is 0.253 e. The molecule has 0 aliphatic carbocycles. The molecule has 2 saturated heterocycles. The maximum atomic E-state index is 13.1. The van der Waals surface area contributed by atoms with Crippen LogP contribution in [0.25, 0.3) is 0 Å². The largest absolute Gasteiger partial charge is 0.497 e. The van der Waals surface area contributed by atoms with Gasteiger partial charge in [-0.25, -0.2) is 0 Å². The van der Waals surface area contributed by atoms with E-state index in [9.17, 15) is 9.59 Å². The van der Waals surface area contributed by atoms with Gasteiger partial charge in [-0.2, -0.15) is 5.10 Å². The molecule has 1 aromatic carbocycles. The van der Waals surface area contributed by atoms with Crippen LogP contribution in [-0.4, -0.2) is 77.8 Å². The lowest BCUT2D eigenvalue weighted by Crippen LogP contribution is -2.52. The molecule has 1 N–H and O–H groups in total. The van der Waals surface area contributed by atoms with Gasteiger partial charge in [0.25, 0.3) is 5.91 Å². The molecule has 0 saturated carbocycles. The fourth-order valence-corrected chi connectivity index (χ4v) is 4.20. The molecule has 8 heteroatoms. The zero-order chi connectivity index (χ0) is 20.4. The molecule has 0 spiro atoms. The second-order valence-electron chi connectivity index (χ2n) is 7.66. The summed E-state index contributed by atoms with van der Waals surface area (Å²) in [5.41, 5.74) is 1.74. The Morgan fingerprint density at radius 2 is 1.76 bits per heavy atom. The van der Waals surface area contributed by atoms with Crippen LogP contribution in [0.3, 0.4) is 0 Å². The number of carbonyl (C=O) groups excluding carboxylic acids is 2. The minimum Gasteiger partial charge on any atom is -0.497 e. The number of hydrogen-bond donors (Lipinski definition) is 1. The second-order valence-corrected chi connectivity index (χ2v) is 7.66. The summed E-state index contributed by atoms with van der Waals surface area (Å²) in [6.07, 6.45) is 3.84. The number of methoxy groups -OCH3 is 1. The molecule has 0 unspecified atom stereocenters. The highest BCUT2D eigenvalue weighted by Gasteiger charge is 2.38. The van der Waals surface area contributed by atoms with Crippen LogP contribution < -0.4 is 10.1 Å². The van der Waals surface area contributed by atoms with Crippen LogP contribution in [0.15, 0.2) is 36.7 Å². The molecule has 154 valence electrons. The predicted molar refractivity (Wildman–Crippen MR) is 108 cm³/mol. The third kappa shape index (κ3) is 3.98. The molecule has 2 aliphatic heterocycles. The van der Waals surface area contributed by atoms with Crippen LogP contribution in [0, 0.1) is 5.92 Å². The van der Waals surface area contributed by atoms with Gasteiger partial charge >= 0.3 is 0 Å². The van der Waals surface area contributed by atoms with E-state index < -0.39 is 0 Å². The molecule has 2 atom stereocenters. The molecule has 8 nitrogen and oxygen atoms in total. The molecule has 29 heavy (non-hydrogen) atoms. The summed E-state index contributed by atoms with van der Waals surface area (Å²) in [5.74, 6) is 0.958. The molecule has 0 radical (unpaired) electrons. The minimum atomic E-state index is -0.0805. The summed E-state index contributed by atoms with van der Waals surface area (Å²) in [6, 6.07) is 7.14. The lowest BCUT2D eigenvalue weighted by Gasteiger charge is -2.36. The number of carbonyl (C=O) groups is 2. The van der Waals surface area contributed by atoms with Crippen molar-refractivity contribution in [2.24, 2.45) is 13.0 Å². The molecular formula is C21H27N5O3. The first-order valence-corrected chi connectivity index (χ1v) is 9.98. The number of ether oxygens (including phenoxy) is 1. The normalized spacial score (nSPS) is 22.0. The van der Waals surface area contributed by atoms with Gasteiger partial charge in [-0.05, 0) is 29.8 Å². The number of nitrogens with zero attached hydrogens (tertiary/aromatic N) is 4. The molecule has 2 fully saturated rings. The molecule has 2 amide bonds. The first-order chi connectivity index (χ1) is 14.1. The highest BCUT2D eigenvalue weighted by molar-refractivity contribution is 5.94. The summed E-state index contributed by atoms with van der Waals surface area (Å²) in [6.45, 7) is 3.71. The van der Waals surface area contributed by atoms with Gasteiger partial charge in [0.05, 0.1) is 19.2 Å². The van der Waals surface area contributed by atoms with Crippen LogP contribution in [0.1, 0.15) is 21.8 Å². The first-order valence-electron chi connectivity index (χ1n) is 9.98. The van der Waals surface area contributed by atoms with E-state index in [0.717, 1.165) is 17.9 Å². The van der Waals surface area contributed by atoms with Crippen molar-refractivity contribution in [1.82, 2.24) is 24.9 Å². The van der Waals surface area contributed by atoms with Crippen LogP contribution in [-0.2, 0) is 11.8 Å². The zero-order valence-electron chi connectivity index (χ0n) is 16.9. The number of nitrogens with one attached hydrogen (secondary N) is 1. The van der Waals surface area contributed by atoms with Gasteiger partial charge < -0.3 is 19.9 Å². The predicted octanol–water partition coefficient (Wildman–Crippen LogP) is 0.716. The lowest BCUT2D eigenvalue weighted by atomic mass is 9.89. The number of rotatable bonds is 4. The second kappa shape index (κ2) is 8.24. The van der Waals surface area contributed by atoms with Crippen LogP contribution in [0.2, 0.25) is 0 Å². The van der Waals surface area contributed by atoms with Gasteiger partial charge in [-0.1, -0.05) is 0 Å². The SMILES string of the molecule is COc1ccc(C(=O)N2CCN(C(=O)[C@H]3CNC[C@@H]3c3cnn(C)c3)CC2)cc1. The summed E-state index contributed by atoms with van der Waals surface area (Å²) in [7, 11) is 3.49. The molecule has 2 aliphatic rings. The van der Waals surface area contributed by atoms with Crippen molar-refractivity contribution < 1.29 is 14.3 Å². The van der Waals surface area contributed by atoms with Crippen LogP contribution in [0.5, 0.6) is 5.75 Å². The Kier molecular flexibility index (Phi) is 5.53. The van der Waals surface area contributed by atoms with E-state index in [1.54, 1.807) is 36.1 Å². The first kappa shape index (κ1) is 19.4. The fourth-order valence-electron chi connectivity index (χ4n) is 4.20. The van der Waals surface area contributed by atoms with Gasteiger partial charge in [-0.15, -0.1) is 0 Å². The van der Waals surface area contributed by atoms with Crippen molar-refractivity contribution in [3.8, 4) is 5.75 Å². The number of piperazine rings is 1. The quantitative estimate of drug-likeness (QED) is 0.822. The number of amides is 2. The van der Waals surface area contributed by atoms with Gasteiger partial charge in [-0.3, -0.25) is 14.3 Å². The summed E-state index contributed by atoms with van der Waals surface area (Å²) < 4.78 is 6.92.